The van der Waals surface area contributed by atoms with E-state index in [1.54, 1.807) is 0 Å². The van der Waals surface area contributed by atoms with Crippen molar-refractivity contribution in [1.29, 1.82) is 0 Å². The van der Waals surface area contributed by atoms with Crippen LogP contribution in [0.25, 0.3) is 22.2 Å². The zero-order valence-corrected chi connectivity index (χ0v) is 17.5. The molecule has 30 heavy (non-hydrogen) atoms. The maximum atomic E-state index is 10.8. The van der Waals surface area contributed by atoms with Crippen molar-refractivity contribution in [2.24, 2.45) is 5.92 Å². The van der Waals surface area contributed by atoms with Crippen molar-refractivity contribution in [3.8, 4) is 22.6 Å². The number of hydrogen-bond acceptors (Lipinski definition) is 4. The van der Waals surface area contributed by atoms with Crippen LogP contribution in [0.2, 0.25) is 0 Å². The third-order valence-corrected chi connectivity index (χ3v) is 8.61. The van der Waals surface area contributed by atoms with Crippen LogP contribution >= 0.6 is 0 Å². The van der Waals surface area contributed by atoms with Crippen LogP contribution < -0.4 is 4.74 Å². The zero-order valence-electron chi connectivity index (χ0n) is 17.5. The monoisotopic (exact) mass is 404 g/mol. The third-order valence-electron chi connectivity index (χ3n) is 8.61. The van der Waals surface area contributed by atoms with Crippen molar-refractivity contribution in [2.45, 2.75) is 56.5 Å². The SMILES string of the molecule is CN1CC[C@]23CCCC[C@H]2[C@H]1Cc1c(-c2ccc4c5c2on5CCO4)cc(O)cc13. The number of nitrogens with zero attached hydrogens (tertiary/aromatic N) is 2. The smallest absolute Gasteiger partial charge is 0.193 e. The van der Waals surface area contributed by atoms with Gasteiger partial charge in [-0.25, -0.2) is 0 Å². The molecule has 5 heteroatoms. The Morgan fingerprint density at radius 3 is 2.97 bits per heavy atom. The molecule has 1 saturated heterocycles. The summed E-state index contributed by atoms with van der Waals surface area (Å²) < 4.78 is 13.8. The van der Waals surface area contributed by atoms with Gasteiger partial charge in [-0.1, -0.05) is 12.8 Å². The van der Waals surface area contributed by atoms with Crippen LogP contribution in [-0.4, -0.2) is 41.0 Å². The summed E-state index contributed by atoms with van der Waals surface area (Å²) in [6.45, 7) is 2.58. The van der Waals surface area contributed by atoms with Crippen LogP contribution in [0, 0.1) is 5.92 Å². The summed E-state index contributed by atoms with van der Waals surface area (Å²) in [5.74, 6) is 2.00. The molecule has 4 aliphatic rings. The first-order chi connectivity index (χ1) is 14.7. The lowest BCUT2D eigenvalue weighted by atomic mass is 9.52. The fourth-order valence-corrected chi connectivity index (χ4v) is 7.25. The average molecular weight is 405 g/mol. The summed E-state index contributed by atoms with van der Waals surface area (Å²) in [5.41, 5.74) is 7.29. The zero-order chi connectivity index (χ0) is 20.0. The van der Waals surface area contributed by atoms with Crippen LogP contribution in [0.3, 0.4) is 0 Å². The lowest BCUT2D eigenvalue weighted by Crippen LogP contribution is -2.59. The molecular weight excluding hydrogens is 376 g/mol. The van der Waals surface area contributed by atoms with E-state index in [-0.39, 0.29) is 5.41 Å². The minimum Gasteiger partial charge on any atom is -0.508 e. The first kappa shape index (κ1) is 17.3. The molecule has 2 aliphatic carbocycles. The number of likely N-dealkylation sites (tertiary alicyclic amines) is 1. The maximum Gasteiger partial charge on any atom is 0.193 e. The van der Waals surface area contributed by atoms with Crippen LogP contribution in [0.15, 0.2) is 28.8 Å². The van der Waals surface area contributed by atoms with E-state index in [9.17, 15) is 5.11 Å². The number of fused-ring (bicyclic) bond motifs is 1. The van der Waals surface area contributed by atoms with E-state index in [2.05, 4.69) is 30.1 Å². The number of likely N-dealkylation sites (N-methyl/N-ethyl adjacent to an activating group) is 1. The Morgan fingerprint density at radius 2 is 2.03 bits per heavy atom. The molecule has 0 radical (unpaired) electrons. The van der Waals surface area contributed by atoms with E-state index >= 15 is 0 Å². The summed E-state index contributed by atoms with van der Waals surface area (Å²) in [6.07, 6.45) is 7.49. The third kappa shape index (κ3) is 2.07. The number of piperidine rings is 1. The van der Waals surface area contributed by atoms with Gasteiger partial charge in [0.15, 0.2) is 11.1 Å². The number of ether oxygens (including phenoxy) is 1. The normalized spacial score (nSPS) is 30.0. The van der Waals surface area contributed by atoms with Crippen molar-refractivity contribution in [1.82, 2.24) is 9.64 Å². The van der Waals surface area contributed by atoms with Gasteiger partial charge in [-0.15, -0.1) is 0 Å². The standard InChI is InChI=1S/C25H28N2O3/c1-26-9-8-25-7-3-2-4-19(25)21(26)14-18-17(12-15(28)13-20(18)25)16-5-6-22-23-24(16)30-27(23)10-11-29-22/h5-6,12-13,19,21,28H,2-4,7-11,14H2,1H3/t19-,21+,25+/m0/s1. The highest BCUT2D eigenvalue weighted by Crippen LogP contribution is 2.57. The number of rotatable bonds is 1. The largest absolute Gasteiger partial charge is 0.508 e. The Labute approximate surface area is 176 Å². The van der Waals surface area contributed by atoms with Gasteiger partial charge >= 0.3 is 0 Å². The number of aromatic nitrogens is 1. The molecule has 7 rings (SSSR count). The van der Waals surface area contributed by atoms with Crippen molar-refractivity contribution in [2.75, 3.05) is 20.2 Å². The number of aromatic hydroxyl groups is 1. The Hall–Kier alpha value is -2.40. The Kier molecular flexibility index (Phi) is 3.37. The highest BCUT2D eigenvalue weighted by Gasteiger charge is 2.53. The molecule has 3 heterocycles. The highest BCUT2D eigenvalue weighted by molar-refractivity contribution is 5.96. The summed E-state index contributed by atoms with van der Waals surface area (Å²) in [5, 5.41) is 10.8. The molecule has 2 aromatic carbocycles. The van der Waals surface area contributed by atoms with Gasteiger partial charge in [0.2, 0.25) is 0 Å². The van der Waals surface area contributed by atoms with Gasteiger partial charge in [-0.05, 0) is 86.1 Å². The molecule has 0 amide bonds. The molecule has 1 aromatic heterocycles. The van der Waals surface area contributed by atoms with E-state index in [1.165, 1.54) is 43.2 Å². The second kappa shape index (κ2) is 5.85. The minimum atomic E-state index is 0.227. The quantitative estimate of drug-likeness (QED) is 0.639. The minimum absolute atomic E-state index is 0.227. The van der Waals surface area contributed by atoms with Gasteiger partial charge in [0.1, 0.15) is 18.1 Å². The van der Waals surface area contributed by atoms with E-state index in [4.69, 9.17) is 9.26 Å². The molecule has 2 bridgehead atoms. The maximum absolute atomic E-state index is 10.8. The first-order valence-electron chi connectivity index (χ1n) is 11.5. The summed E-state index contributed by atoms with van der Waals surface area (Å²) in [4.78, 5) is 2.60. The lowest BCUT2D eigenvalue weighted by molar-refractivity contribution is 0.00289. The van der Waals surface area contributed by atoms with Gasteiger partial charge in [0.05, 0.1) is 6.54 Å². The Bertz CT molecular complexity index is 1170. The van der Waals surface area contributed by atoms with Crippen LogP contribution in [0.5, 0.6) is 11.5 Å². The molecular formula is C25H28N2O3. The van der Waals surface area contributed by atoms with E-state index in [1.807, 2.05) is 10.8 Å². The summed E-state index contributed by atoms with van der Waals surface area (Å²) in [6, 6.07) is 8.84. The van der Waals surface area contributed by atoms with Crippen molar-refractivity contribution >= 4 is 11.1 Å². The summed E-state index contributed by atoms with van der Waals surface area (Å²) in [7, 11) is 2.31. The van der Waals surface area contributed by atoms with Crippen LogP contribution in [0.4, 0.5) is 0 Å². The molecule has 3 atom stereocenters. The molecule has 1 N–H and O–H groups in total. The van der Waals surface area contributed by atoms with Gasteiger partial charge in [0, 0.05) is 17.0 Å². The topological polar surface area (TPSA) is 50.8 Å². The number of phenols is 1. The van der Waals surface area contributed by atoms with E-state index in [0.29, 0.717) is 24.3 Å². The number of benzene rings is 2. The van der Waals surface area contributed by atoms with Gasteiger partial charge < -0.3 is 19.3 Å². The fraction of sp³-hybridized carbons (Fsp3) is 0.520. The molecule has 2 aliphatic heterocycles. The Balaban J connectivity index is 1.47. The van der Waals surface area contributed by atoms with Crippen LogP contribution in [0.1, 0.15) is 43.2 Å². The second-order valence-electron chi connectivity index (χ2n) is 9.86. The van der Waals surface area contributed by atoms with Crippen LogP contribution in [-0.2, 0) is 18.4 Å². The predicted molar refractivity (Wildman–Crippen MR) is 115 cm³/mol. The second-order valence-corrected chi connectivity index (χ2v) is 9.86. The van der Waals surface area contributed by atoms with Gasteiger partial charge in [-0.3, -0.25) is 0 Å². The Morgan fingerprint density at radius 1 is 1.10 bits per heavy atom. The number of phenolic OH excluding ortho intramolecular Hbond substituents is 1. The molecule has 2 fully saturated rings. The molecule has 0 unspecified atom stereocenters. The molecule has 3 aromatic rings. The molecule has 1 saturated carbocycles. The van der Waals surface area contributed by atoms with Gasteiger partial charge in [-0.2, -0.15) is 4.74 Å². The van der Waals surface area contributed by atoms with Crippen molar-refractivity contribution in [3.05, 3.63) is 35.4 Å². The van der Waals surface area contributed by atoms with Crippen molar-refractivity contribution in [3.63, 3.8) is 0 Å². The lowest BCUT2D eigenvalue weighted by Gasteiger charge is -2.58. The average Bonchev–Trinajstić information content (AvgIpc) is 2.74. The molecule has 0 spiro atoms. The van der Waals surface area contributed by atoms with Crippen molar-refractivity contribution < 1.29 is 14.4 Å². The highest BCUT2D eigenvalue weighted by atomic mass is 16.5. The fourth-order valence-electron chi connectivity index (χ4n) is 7.25. The van der Waals surface area contributed by atoms with Gasteiger partial charge in [0.25, 0.3) is 0 Å². The van der Waals surface area contributed by atoms with E-state index < -0.39 is 0 Å². The van der Waals surface area contributed by atoms with E-state index in [0.717, 1.165) is 47.5 Å². The molecule has 5 nitrogen and oxygen atoms in total. The molecule has 156 valence electrons. The number of hydrogen-bond donors (Lipinski definition) is 1. The summed E-state index contributed by atoms with van der Waals surface area (Å²) >= 11 is 0. The predicted octanol–water partition coefficient (Wildman–Crippen LogP) is 4.69. The first-order valence-corrected chi connectivity index (χ1v) is 11.5.